The van der Waals surface area contributed by atoms with Crippen LogP contribution in [0.5, 0.6) is 11.5 Å². The highest BCUT2D eigenvalue weighted by molar-refractivity contribution is 8.00. The third-order valence-electron chi connectivity index (χ3n) is 3.21. The molecule has 0 unspecified atom stereocenters. The van der Waals surface area contributed by atoms with Crippen LogP contribution in [0.2, 0.25) is 10.0 Å². The molecule has 1 heterocycles. The molecule has 1 atom stereocenters. The molecule has 0 saturated carbocycles. The number of hydrogen-bond donors (Lipinski definition) is 1. The van der Waals surface area contributed by atoms with Gasteiger partial charge in [0.2, 0.25) is 12.7 Å². The van der Waals surface area contributed by atoms with Crippen LogP contribution >= 0.6 is 35.0 Å². The Morgan fingerprint density at radius 3 is 2.78 bits per heavy atom. The Morgan fingerprint density at radius 2 is 1.96 bits per heavy atom. The lowest BCUT2D eigenvalue weighted by Crippen LogP contribution is -2.22. The molecule has 1 N–H and O–H groups in total. The summed E-state index contributed by atoms with van der Waals surface area (Å²) in [7, 11) is 0. The fourth-order valence-corrected chi connectivity index (χ4v) is 3.44. The second-order valence-corrected chi connectivity index (χ2v) is 7.12. The van der Waals surface area contributed by atoms with Crippen molar-refractivity contribution in [3.63, 3.8) is 0 Å². The van der Waals surface area contributed by atoms with Crippen LogP contribution in [-0.2, 0) is 4.79 Å². The molecule has 4 nitrogen and oxygen atoms in total. The average molecular weight is 370 g/mol. The van der Waals surface area contributed by atoms with E-state index in [9.17, 15) is 4.79 Å². The molecule has 1 amide bonds. The number of amides is 1. The summed E-state index contributed by atoms with van der Waals surface area (Å²) < 4.78 is 10.5. The Kier molecular flexibility index (Phi) is 4.90. The number of fused-ring (bicyclic) bond motifs is 1. The molecule has 1 aliphatic heterocycles. The predicted molar refractivity (Wildman–Crippen MR) is 93.0 cm³/mol. The van der Waals surface area contributed by atoms with Crippen molar-refractivity contribution in [3.8, 4) is 11.5 Å². The van der Waals surface area contributed by atoms with E-state index in [1.165, 1.54) is 11.8 Å². The number of carbonyl (C=O) groups is 1. The maximum atomic E-state index is 12.3. The monoisotopic (exact) mass is 369 g/mol. The topological polar surface area (TPSA) is 47.6 Å². The fraction of sp³-hybridized carbons (Fsp3) is 0.188. The number of thioether (sulfide) groups is 1. The van der Waals surface area contributed by atoms with Gasteiger partial charge >= 0.3 is 0 Å². The highest BCUT2D eigenvalue weighted by Crippen LogP contribution is 2.35. The van der Waals surface area contributed by atoms with E-state index in [0.29, 0.717) is 27.2 Å². The summed E-state index contributed by atoms with van der Waals surface area (Å²) in [6, 6.07) is 10.5. The highest BCUT2D eigenvalue weighted by atomic mass is 35.5. The van der Waals surface area contributed by atoms with Crippen LogP contribution in [0.25, 0.3) is 0 Å². The zero-order valence-corrected chi connectivity index (χ0v) is 14.5. The summed E-state index contributed by atoms with van der Waals surface area (Å²) in [5.41, 5.74) is 0.656. The van der Waals surface area contributed by atoms with Crippen molar-refractivity contribution in [2.24, 2.45) is 0 Å². The molecular weight excluding hydrogens is 357 g/mol. The number of benzene rings is 2. The third kappa shape index (κ3) is 3.86. The standard InChI is InChI=1S/C16H13Cl2NO3S/c1-9(23-15-6-10(17)2-4-12(15)18)16(20)19-11-3-5-13-14(7-11)22-8-21-13/h2-7,9H,8H2,1H3,(H,19,20)/t9-/m1/s1. The van der Waals surface area contributed by atoms with Crippen LogP contribution in [-0.4, -0.2) is 18.0 Å². The van der Waals surface area contributed by atoms with Crippen LogP contribution in [0.4, 0.5) is 5.69 Å². The van der Waals surface area contributed by atoms with Gasteiger partial charge < -0.3 is 14.8 Å². The number of rotatable bonds is 4. The van der Waals surface area contributed by atoms with Crippen molar-refractivity contribution in [1.29, 1.82) is 0 Å². The quantitative estimate of drug-likeness (QED) is 0.783. The largest absolute Gasteiger partial charge is 0.454 e. The SMILES string of the molecule is C[C@@H](Sc1cc(Cl)ccc1Cl)C(=O)Nc1ccc2c(c1)OCO2. The molecule has 0 aliphatic carbocycles. The average Bonchev–Trinajstić information content (AvgIpc) is 2.98. The van der Waals surface area contributed by atoms with Crippen LogP contribution in [0.15, 0.2) is 41.3 Å². The molecule has 23 heavy (non-hydrogen) atoms. The smallest absolute Gasteiger partial charge is 0.237 e. The minimum atomic E-state index is -0.337. The highest BCUT2D eigenvalue weighted by Gasteiger charge is 2.18. The van der Waals surface area contributed by atoms with Crippen LogP contribution < -0.4 is 14.8 Å². The van der Waals surface area contributed by atoms with Crippen molar-refractivity contribution in [2.45, 2.75) is 17.1 Å². The van der Waals surface area contributed by atoms with Gasteiger partial charge in [-0.25, -0.2) is 0 Å². The summed E-state index contributed by atoms with van der Waals surface area (Å²) in [5.74, 6) is 1.17. The number of carbonyl (C=O) groups excluding carboxylic acids is 1. The Balaban J connectivity index is 1.67. The van der Waals surface area contributed by atoms with Gasteiger partial charge in [0.1, 0.15) is 0 Å². The number of nitrogens with one attached hydrogen (secondary N) is 1. The summed E-state index contributed by atoms with van der Waals surface area (Å²) in [6.07, 6.45) is 0. The molecule has 0 radical (unpaired) electrons. The minimum Gasteiger partial charge on any atom is -0.454 e. The van der Waals surface area contributed by atoms with Gasteiger partial charge in [-0.1, -0.05) is 23.2 Å². The summed E-state index contributed by atoms with van der Waals surface area (Å²) in [5, 5.41) is 3.67. The molecule has 0 aromatic heterocycles. The van der Waals surface area contributed by atoms with E-state index in [-0.39, 0.29) is 18.0 Å². The second-order valence-electron chi connectivity index (χ2n) is 4.89. The van der Waals surface area contributed by atoms with Gasteiger partial charge in [0, 0.05) is 21.7 Å². The van der Waals surface area contributed by atoms with Crippen molar-refractivity contribution in [2.75, 3.05) is 12.1 Å². The zero-order chi connectivity index (χ0) is 16.4. The molecule has 0 bridgehead atoms. The second kappa shape index (κ2) is 6.91. The van der Waals surface area contributed by atoms with E-state index in [4.69, 9.17) is 32.7 Å². The normalized spacial score (nSPS) is 13.7. The first-order valence-corrected chi connectivity index (χ1v) is 8.49. The molecule has 0 saturated heterocycles. The van der Waals surface area contributed by atoms with Crippen molar-refractivity contribution < 1.29 is 14.3 Å². The molecule has 3 rings (SSSR count). The first kappa shape index (κ1) is 16.3. The van der Waals surface area contributed by atoms with Gasteiger partial charge in [-0.2, -0.15) is 0 Å². The molecule has 2 aromatic rings. The van der Waals surface area contributed by atoms with E-state index in [1.54, 1.807) is 36.4 Å². The van der Waals surface area contributed by atoms with Crippen molar-refractivity contribution in [3.05, 3.63) is 46.4 Å². The van der Waals surface area contributed by atoms with E-state index in [0.717, 1.165) is 4.90 Å². The van der Waals surface area contributed by atoms with Gasteiger partial charge in [0.15, 0.2) is 11.5 Å². The number of ether oxygens (including phenoxy) is 2. The lowest BCUT2D eigenvalue weighted by atomic mass is 10.2. The van der Waals surface area contributed by atoms with Crippen molar-refractivity contribution >= 4 is 46.6 Å². The Labute approximate surface area is 148 Å². The van der Waals surface area contributed by atoms with Crippen LogP contribution in [0, 0.1) is 0 Å². The Bertz CT molecular complexity index is 754. The van der Waals surface area contributed by atoms with Gasteiger partial charge in [-0.15, -0.1) is 11.8 Å². The maximum absolute atomic E-state index is 12.3. The van der Waals surface area contributed by atoms with E-state index in [2.05, 4.69) is 5.32 Å². The molecule has 2 aromatic carbocycles. The molecule has 0 spiro atoms. The zero-order valence-electron chi connectivity index (χ0n) is 12.1. The van der Waals surface area contributed by atoms with E-state index >= 15 is 0 Å². The maximum Gasteiger partial charge on any atom is 0.237 e. The van der Waals surface area contributed by atoms with Crippen LogP contribution in [0.1, 0.15) is 6.92 Å². The van der Waals surface area contributed by atoms with Crippen molar-refractivity contribution in [1.82, 2.24) is 0 Å². The number of hydrogen-bond acceptors (Lipinski definition) is 4. The summed E-state index contributed by atoms with van der Waals surface area (Å²) in [4.78, 5) is 13.1. The lowest BCUT2D eigenvalue weighted by molar-refractivity contribution is -0.115. The fourth-order valence-electron chi connectivity index (χ4n) is 2.03. The molecule has 1 aliphatic rings. The van der Waals surface area contributed by atoms with Crippen LogP contribution in [0.3, 0.4) is 0 Å². The lowest BCUT2D eigenvalue weighted by Gasteiger charge is -2.13. The number of halogens is 2. The number of anilines is 1. The predicted octanol–water partition coefficient (Wildman–Crippen LogP) is 4.84. The first-order valence-electron chi connectivity index (χ1n) is 6.85. The third-order valence-corrected chi connectivity index (χ3v) is 5.04. The van der Waals surface area contributed by atoms with E-state index < -0.39 is 0 Å². The molecule has 120 valence electrons. The molecule has 0 fully saturated rings. The Hall–Kier alpha value is -1.56. The van der Waals surface area contributed by atoms with Gasteiger partial charge in [-0.3, -0.25) is 4.79 Å². The molecule has 7 heteroatoms. The van der Waals surface area contributed by atoms with Gasteiger partial charge in [0.05, 0.1) is 10.3 Å². The van der Waals surface area contributed by atoms with Gasteiger partial charge in [0.25, 0.3) is 0 Å². The minimum absolute atomic E-state index is 0.134. The van der Waals surface area contributed by atoms with E-state index in [1.807, 2.05) is 6.92 Å². The first-order chi connectivity index (χ1) is 11.0. The summed E-state index contributed by atoms with van der Waals surface area (Å²) >= 11 is 13.4. The van der Waals surface area contributed by atoms with Gasteiger partial charge in [-0.05, 0) is 37.3 Å². The molecular formula is C16H13Cl2NO3S. The summed E-state index contributed by atoms with van der Waals surface area (Å²) in [6.45, 7) is 2.01. The Morgan fingerprint density at radius 1 is 1.17 bits per heavy atom.